The largest absolute Gasteiger partial charge is 0.310 e. The van der Waals surface area contributed by atoms with E-state index in [9.17, 15) is 0 Å². The molecule has 0 amide bonds. The second kappa shape index (κ2) is 14.0. The van der Waals surface area contributed by atoms with Crippen LogP contribution in [-0.2, 0) is 10.8 Å². The summed E-state index contributed by atoms with van der Waals surface area (Å²) in [5.74, 6) is 0. The molecule has 9 aromatic carbocycles. The minimum Gasteiger partial charge on any atom is -0.310 e. The lowest BCUT2D eigenvalue weighted by Crippen LogP contribution is -2.15. The van der Waals surface area contributed by atoms with Gasteiger partial charge in [-0.2, -0.15) is 0 Å². The summed E-state index contributed by atoms with van der Waals surface area (Å²) in [6, 6.07) is 78.1. The van der Waals surface area contributed by atoms with Crippen molar-refractivity contribution in [1.29, 1.82) is 0 Å². The molecule has 10 aromatic rings. The van der Waals surface area contributed by atoms with Crippen LogP contribution < -0.4 is 9.80 Å². The van der Waals surface area contributed by atoms with Gasteiger partial charge in [0.05, 0.1) is 11.0 Å². The summed E-state index contributed by atoms with van der Waals surface area (Å²) in [4.78, 5) is 4.78. The molecular weight excluding hydrogens is 763 g/mol. The van der Waals surface area contributed by atoms with Gasteiger partial charge in [0.15, 0.2) is 0 Å². The number of hydrogen-bond acceptors (Lipinski definition) is 2. The molecule has 0 bridgehead atoms. The molecule has 0 atom stereocenters. The number of fused-ring (bicyclic) bond motifs is 10. The Morgan fingerprint density at radius 3 is 1.40 bits per heavy atom. The molecule has 3 nitrogen and oxygen atoms in total. The third-order valence-electron chi connectivity index (χ3n) is 14.0. The van der Waals surface area contributed by atoms with Crippen molar-refractivity contribution in [2.45, 2.75) is 38.5 Å². The molecule has 2 aliphatic rings. The summed E-state index contributed by atoms with van der Waals surface area (Å²) in [7, 11) is 0. The molecule has 0 unspecified atom stereocenters. The van der Waals surface area contributed by atoms with Crippen LogP contribution in [0.3, 0.4) is 0 Å². The molecule has 3 heteroatoms. The van der Waals surface area contributed by atoms with E-state index < -0.39 is 0 Å². The number of benzene rings is 9. The Bertz CT molecular complexity index is 3380. The van der Waals surface area contributed by atoms with Crippen molar-refractivity contribution < 1.29 is 0 Å². The molecule has 0 radical (unpaired) electrons. The third-order valence-corrected chi connectivity index (χ3v) is 14.0. The fourth-order valence-electron chi connectivity index (χ4n) is 10.9. The molecule has 0 spiro atoms. The topological polar surface area (TPSA) is 11.4 Å². The lowest BCUT2D eigenvalue weighted by atomic mass is 9.82. The van der Waals surface area contributed by atoms with Crippen LogP contribution in [0.25, 0.3) is 49.7 Å². The highest BCUT2D eigenvalue weighted by Crippen LogP contribution is 2.54. The monoisotopic (exact) mass is 809 g/mol. The fraction of sp³-hybridized carbons (Fsp3) is 0.100. The maximum Gasteiger partial charge on any atom is 0.0547 e. The van der Waals surface area contributed by atoms with Crippen LogP contribution in [0.2, 0.25) is 0 Å². The molecule has 2 aliphatic carbocycles. The van der Waals surface area contributed by atoms with Gasteiger partial charge < -0.3 is 14.4 Å². The van der Waals surface area contributed by atoms with Crippen molar-refractivity contribution in [2.24, 2.45) is 0 Å². The Balaban J connectivity index is 1.03. The maximum atomic E-state index is 2.45. The van der Waals surface area contributed by atoms with Gasteiger partial charge in [0, 0.05) is 61.4 Å². The van der Waals surface area contributed by atoms with E-state index in [2.05, 4.69) is 254 Å². The standard InChI is InChI=1S/C60H47N3/c1-59(2)51-26-16-14-24-47(51)49-38-45(32-34-53(49)59)61(40-18-8-5-9-19-40)43-28-30-44(31-29-43)62(41-20-10-6-11-21-41)46-33-36-55-50(39-46)58-56(63(55)42-22-12-7-13-23-42)37-35-54-57(58)48-25-15-17-27-52(48)60(54,3)4/h5-39H,1-4H3. The van der Waals surface area contributed by atoms with Gasteiger partial charge in [-0.15, -0.1) is 0 Å². The van der Waals surface area contributed by atoms with Gasteiger partial charge >= 0.3 is 0 Å². The molecule has 1 aromatic heterocycles. The van der Waals surface area contributed by atoms with Crippen molar-refractivity contribution in [1.82, 2.24) is 4.57 Å². The van der Waals surface area contributed by atoms with Crippen molar-refractivity contribution in [3.8, 4) is 27.9 Å². The molecule has 0 saturated heterocycles. The quantitative estimate of drug-likeness (QED) is 0.159. The first kappa shape index (κ1) is 37.2. The molecule has 0 fully saturated rings. The molecule has 1 heterocycles. The minimum atomic E-state index is -0.106. The van der Waals surface area contributed by atoms with Crippen LogP contribution in [0, 0.1) is 0 Å². The number of para-hydroxylation sites is 3. The van der Waals surface area contributed by atoms with E-state index in [1.54, 1.807) is 0 Å². The highest BCUT2D eigenvalue weighted by Gasteiger charge is 2.38. The molecule has 302 valence electrons. The second-order valence-corrected chi connectivity index (χ2v) is 18.2. The average Bonchev–Trinajstić information content (AvgIpc) is 3.87. The summed E-state index contributed by atoms with van der Waals surface area (Å²) < 4.78 is 2.45. The highest BCUT2D eigenvalue weighted by atomic mass is 15.2. The predicted molar refractivity (Wildman–Crippen MR) is 265 cm³/mol. The predicted octanol–water partition coefficient (Wildman–Crippen LogP) is 16.3. The van der Waals surface area contributed by atoms with Crippen LogP contribution in [0.15, 0.2) is 212 Å². The molecule has 63 heavy (non-hydrogen) atoms. The first-order chi connectivity index (χ1) is 30.8. The number of aromatic nitrogens is 1. The van der Waals surface area contributed by atoms with Crippen LogP contribution in [-0.4, -0.2) is 4.57 Å². The van der Waals surface area contributed by atoms with E-state index in [1.807, 2.05) is 0 Å². The summed E-state index contributed by atoms with van der Waals surface area (Å²) in [5, 5.41) is 2.54. The van der Waals surface area contributed by atoms with E-state index in [-0.39, 0.29) is 10.8 Å². The van der Waals surface area contributed by atoms with E-state index >= 15 is 0 Å². The lowest BCUT2D eigenvalue weighted by molar-refractivity contribution is 0.660. The van der Waals surface area contributed by atoms with E-state index in [1.165, 1.54) is 66.3 Å². The van der Waals surface area contributed by atoms with Crippen molar-refractivity contribution in [3.05, 3.63) is 235 Å². The van der Waals surface area contributed by atoms with E-state index in [0.29, 0.717) is 0 Å². The van der Waals surface area contributed by atoms with Gasteiger partial charge in [0.1, 0.15) is 0 Å². The second-order valence-electron chi connectivity index (χ2n) is 18.2. The summed E-state index contributed by atoms with van der Waals surface area (Å²) in [5.41, 5.74) is 20.9. The Hall–Kier alpha value is -7.62. The van der Waals surface area contributed by atoms with Crippen LogP contribution in [0.5, 0.6) is 0 Å². The van der Waals surface area contributed by atoms with Crippen LogP contribution in [0.4, 0.5) is 34.1 Å². The Labute approximate surface area is 369 Å². The molecule has 0 aliphatic heterocycles. The lowest BCUT2D eigenvalue weighted by Gasteiger charge is -2.29. The van der Waals surface area contributed by atoms with Crippen molar-refractivity contribution >= 4 is 55.9 Å². The van der Waals surface area contributed by atoms with E-state index in [0.717, 1.165) is 39.8 Å². The SMILES string of the molecule is CC1(C)c2ccccc2-c2cc(N(c3ccccc3)c3ccc(N(c4ccccc4)c4ccc5c(c4)c4c6c(ccc4n5-c4ccccc4)C(C)(C)c4ccccc4-6)cc3)ccc21. The van der Waals surface area contributed by atoms with Crippen molar-refractivity contribution in [3.63, 3.8) is 0 Å². The van der Waals surface area contributed by atoms with E-state index in [4.69, 9.17) is 0 Å². The number of hydrogen-bond donors (Lipinski definition) is 0. The summed E-state index contributed by atoms with van der Waals surface area (Å²) >= 11 is 0. The zero-order chi connectivity index (χ0) is 42.5. The van der Waals surface area contributed by atoms with Gasteiger partial charge in [-0.25, -0.2) is 0 Å². The zero-order valence-corrected chi connectivity index (χ0v) is 36.0. The summed E-state index contributed by atoms with van der Waals surface area (Å²) in [6.07, 6.45) is 0. The maximum absolute atomic E-state index is 2.45. The van der Waals surface area contributed by atoms with Crippen LogP contribution in [0.1, 0.15) is 49.9 Å². The van der Waals surface area contributed by atoms with Crippen molar-refractivity contribution in [2.75, 3.05) is 9.80 Å². The Morgan fingerprint density at radius 2 is 0.762 bits per heavy atom. The van der Waals surface area contributed by atoms with Gasteiger partial charge in [0.25, 0.3) is 0 Å². The van der Waals surface area contributed by atoms with Crippen LogP contribution >= 0.6 is 0 Å². The van der Waals surface area contributed by atoms with Gasteiger partial charge in [-0.1, -0.05) is 143 Å². The van der Waals surface area contributed by atoms with Gasteiger partial charge in [-0.3, -0.25) is 0 Å². The molecule has 0 saturated carbocycles. The third kappa shape index (κ3) is 5.59. The minimum absolute atomic E-state index is 0.0504. The van der Waals surface area contributed by atoms with Gasteiger partial charge in [-0.05, 0) is 142 Å². The first-order valence-corrected chi connectivity index (χ1v) is 22.1. The first-order valence-electron chi connectivity index (χ1n) is 22.1. The fourth-order valence-corrected chi connectivity index (χ4v) is 10.9. The van der Waals surface area contributed by atoms with Gasteiger partial charge in [0.2, 0.25) is 0 Å². The zero-order valence-electron chi connectivity index (χ0n) is 36.0. The Morgan fingerprint density at radius 1 is 0.333 bits per heavy atom. The average molecular weight is 810 g/mol. The molecule has 0 N–H and O–H groups in total. The summed E-state index contributed by atoms with van der Waals surface area (Å²) in [6.45, 7) is 9.42. The number of rotatable bonds is 7. The highest BCUT2D eigenvalue weighted by molar-refractivity contribution is 6.18. The Kier molecular flexibility index (Phi) is 8.23. The normalized spacial score (nSPS) is 14.0. The molecule has 12 rings (SSSR count). The smallest absolute Gasteiger partial charge is 0.0547 e. The number of nitrogens with zero attached hydrogens (tertiary/aromatic N) is 3. The number of anilines is 6. The molecular formula is C60H47N3.